The van der Waals surface area contributed by atoms with Crippen LogP contribution in [0.2, 0.25) is 0 Å². The van der Waals surface area contributed by atoms with E-state index in [1.807, 2.05) is 6.07 Å². The van der Waals surface area contributed by atoms with Crippen molar-refractivity contribution in [2.45, 2.75) is 18.8 Å². The molecule has 0 bridgehead atoms. The zero-order valence-electron chi connectivity index (χ0n) is 6.11. The van der Waals surface area contributed by atoms with E-state index in [1.165, 1.54) is 0 Å². The van der Waals surface area contributed by atoms with Crippen LogP contribution in [0, 0.1) is 11.3 Å². The molecular formula is C7H6N2O3. The van der Waals surface area contributed by atoms with Gasteiger partial charge in [0.25, 0.3) is 0 Å². The first-order chi connectivity index (χ1) is 5.79. The lowest BCUT2D eigenvalue weighted by molar-refractivity contribution is 0.0237. The average molecular weight is 166 g/mol. The molecule has 5 nitrogen and oxygen atoms in total. The lowest BCUT2D eigenvalue weighted by Crippen LogP contribution is -2.35. The minimum atomic E-state index is -0.489. The molecule has 2 rings (SSSR count). The highest BCUT2D eigenvalue weighted by Crippen LogP contribution is 2.22. The number of nitrogens with one attached hydrogen (secondary N) is 1. The molecule has 0 aromatic heterocycles. The van der Waals surface area contributed by atoms with Gasteiger partial charge in [0.05, 0.1) is 0 Å². The Balaban J connectivity index is 2.13. The number of ether oxygens (including phenoxy) is 2. The van der Waals surface area contributed by atoms with E-state index in [1.54, 1.807) is 6.08 Å². The van der Waals surface area contributed by atoms with Crippen molar-refractivity contribution in [1.29, 1.82) is 5.26 Å². The predicted octanol–water partition coefficient (Wildman–Crippen LogP) is 0.249. The number of carbonyl (C=O) groups excluding carboxylic acids is 1. The van der Waals surface area contributed by atoms with Crippen LogP contribution < -0.4 is 5.32 Å². The summed E-state index contributed by atoms with van der Waals surface area (Å²) >= 11 is 0. The van der Waals surface area contributed by atoms with Gasteiger partial charge in [-0.25, -0.2) is 4.79 Å². The Morgan fingerprint density at radius 1 is 1.67 bits per heavy atom. The number of hydrogen-bond acceptors (Lipinski definition) is 4. The summed E-state index contributed by atoms with van der Waals surface area (Å²) in [5, 5.41) is 10.9. The SMILES string of the molecule is N#CC1=CC[C@@H]2OC(=O)N[C@@H]2O1. The maximum absolute atomic E-state index is 10.7. The molecule has 0 aliphatic carbocycles. The Morgan fingerprint density at radius 3 is 3.25 bits per heavy atom. The van der Waals surface area contributed by atoms with E-state index >= 15 is 0 Å². The van der Waals surface area contributed by atoms with Crippen molar-refractivity contribution >= 4 is 6.09 Å². The number of fused-ring (bicyclic) bond motifs is 1. The lowest BCUT2D eigenvalue weighted by atomic mass is 10.2. The number of allylic oxidation sites excluding steroid dienone is 1. The second kappa shape index (κ2) is 2.41. The standard InChI is InChI=1S/C7H6N2O3/c8-3-4-1-2-5-6(11-4)9-7(10)12-5/h1,5-6H,2H2,(H,9,10)/t5-,6+/m0/s1. The van der Waals surface area contributed by atoms with Crippen LogP contribution >= 0.6 is 0 Å². The van der Waals surface area contributed by atoms with Crippen LogP contribution in [0.15, 0.2) is 11.8 Å². The molecule has 2 aliphatic heterocycles. The quantitative estimate of drug-likeness (QED) is 0.559. The summed E-state index contributed by atoms with van der Waals surface area (Å²) in [5.74, 6) is 0.238. The molecule has 1 N–H and O–H groups in total. The number of amides is 1. The third-order valence-electron chi connectivity index (χ3n) is 1.76. The van der Waals surface area contributed by atoms with E-state index < -0.39 is 12.3 Å². The van der Waals surface area contributed by atoms with Crippen LogP contribution in [-0.2, 0) is 9.47 Å². The second-order valence-corrected chi connectivity index (χ2v) is 2.54. The molecule has 1 amide bonds. The monoisotopic (exact) mass is 166 g/mol. The number of hydrogen-bond donors (Lipinski definition) is 1. The molecule has 62 valence electrons. The molecule has 0 saturated carbocycles. The van der Waals surface area contributed by atoms with Gasteiger partial charge in [-0.3, -0.25) is 5.32 Å². The normalized spacial score (nSPS) is 31.9. The van der Waals surface area contributed by atoms with Crippen LogP contribution in [0.1, 0.15) is 6.42 Å². The summed E-state index contributed by atoms with van der Waals surface area (Å²) in [6, 6.07) is 1.86. The van der Waals surface area contributed by atoms with Crippen molar-refractivity contribution in [3.63, 3.8) is 0 Å². The summed E-state index contributed by atoms with van der Waals surface area (Å²) in [4.78, 5) is 10.7. The molecule has 2 aliphatic rings. The van der Waals surface area contributed by atoms with Gasteiger partial charge in [-0.05, 0) is 6.08 Å². The first-order valence-corrected chi connectivity index (χ1v) is 3.53. The number of rotatable bonds is 0. The first-order valence-electron chi connectivity index (χ1n) is 3.53. The fourth-order valence-corrected chi connectivity index (χ4v) is 1.20. The smallest absolute Gasteiger partial charge is 0.410 e. The van der Waals surface area contributed by atoms with Gasteiger partial charge in [0.1, 0.15) is 6.07 Å². The molecule has 0 radical (unpaired) electrons. The molecule has 1 fully saturated rings. The minimum absolute atomic E-state index is 0.238. The summed E-state index contributed by atoms with van der Waals surface area (Å²) in [5.41, 5.74) is 0. The van der Waals surface area contributed by atoms with Gasteiger partial charge in [-0.15, -0.1) is 0 Å². The van der Waals surface area contributed by atoms with Crippen molar-refractivity contribution in [3.05, 3.63) is 11.8 Å². The van der Waals surface area contributed by atoms with Crippen LogP contribution in [0.4, 0.5) is 4.79 Å². The van der Waals surface area contributed by atoms with Gasteiger partial charge in [0.15, 0.2) is 11.9 Å². The Kier molecular flexibility index (Phi) is 1.40. The van der Waals surface area contributed by atoms with E-state index in [-0.39, 0.29) is 11.9 Å². The Hall–Kier alpha value is -1.70. The van der Waals surface area contributed by atoms with E-state index in [0.29, 0.717) is 6.42 Å². The molecule has 0 spiro atoms. The van der Waals surface area contributed by atoms with Gasteiger partial charge in [-0.2, -0.15) is 5.26 Å². The molecular weight excluding hydrogens is 160 g/mol. The van der Waals surface area contributed by atoms with Crippen LogP contribution in [-0.4, -0.2) is 18.4 Å². The van der Waals surface area contributed by atoms with Gasteiger partial charge in [-0.1, -0.05) is 0 Å². The molecule has 5 heteroatoms. The zero-order valence-corrected chi connectivity index (χ0v) is 6.11. The van der Waals surface area contributed by atoms with E-state index in [0.717, 1.165) is 0 Å². The third-order valence-corrected chi connectivity index (χ3v) is 1.76. The zero-order chi connectivity index (χ0) is 8.55. The molecule has 2 atom stereocenters. The summed E-state index contributed by atoms with van der Waals surface area (Å²) in [6.45, 7) is 0. The first kappa shape index (κ1) is 6.98. The number of nitrogens with zero attached hydrogens (tertiary/aromatic N) is 1. The second-order valence-electron chi connectivity index (χ2n) is 2.54. The number of nitriles is 1. The van der Waals surface area contributed by atoms with E-state index in [2.05, 4.69) is 5.32 Å². The maximum Gasteiger partial charge on any atom is 0.410 e. The number of carbonyl (C=O) groups is 1. The minimum Gasteiger partial charge on any atom is -0.457 e. The van der Waals surface area contributed by atoms with E-state index in [4.69, 9.17) is 14.7 Å². The highest BCUT2D eigenvalue weighted by atomic mass is 16.6. The summed E-state index contributed by atoms with van der Waals surface area (Å²) in [7, 11) is 0. The maximum atomic E-state index is 10.7. The van der Waals surface area contributed by atoms with Crippen molar-refractivity contribution in [2.24, 2.45) is 0 Å². The Morgan fingerprint density at radius 2 is 2.50 bits per heavy atom. The molecule has 0 aromatic rings. The van der Waals surface area contributed by atoms with Crippen LogP contribution in [0.3, 0.4) is 0 Å². The fraction of sp³-hybridized carbons (Fsp3) is 0.429. The predicted molar refractivity (Wildman–Crippen MR) is 36.6 cm³/mol. The highest BCUT2D eigenvalue weighted by molar-refractivity contribution is 5.70. The fourth-order valence-electron chi connectivity index (χ4n) is 1.20. The Labute approximate surface area is 68.6 Å². The van der Waals surface area contributed by atoms with Crippen LogP contribution in [0.5, 0.6) is 0 Å². The van der Waals surface area contributed by atoms with Crippen molar-refractivity contribution in [1.82, 2.24) is 5.32 Å². The summed E-state index contributed by atoms with van der Waals surface area (Å²) in [6.07, 6.45) is 0.887. The highest BCUT2D eigenvalue weighted by Gasteiger charge is 2.37. The average Bonchev–Trinajstić information content (AvgIpc) is 2.43. The van der Waals surface area contributed by atoms with Crippen molar-refractivity contribution in [2.75, 3.05) is 0 Å². The lowest BCUT2D eigenvalue weighted by Gasteiger charge is -2.20. The van der Waals surface area contributed by atoms with Gasteiger partial charge < -0.3 is 9.47 Å². The molecule has 12 heavy (non-hydrogen) atoms. The molecule has 0 aromatic carbocycles. The summed E-state index contributed by atoms with van der Waals surface area (Å²) < 4.78 is 9.90. The van der Waals surface area contributed by atoms with Crippen LogP contribution in [0.25, 0.3) is 0 Å². The topological polar surface area (TPSA) is 71.3 Å². The van der Waals surface area contributed by atoms with Gasteiger partial charge in [0.2, 0.25) is 6.23 Å². The van der Waals surface area contributed by atoms with Crippen molar-refractivity contribution in [3.8, 4) is 6.07 Å². The van der Waals surface area contributed by atoms with Gasteiger partial charge in [0, 0.05) is 6.42 Å². The Bertz CT molecular complexity index is 292. The van der Waals surface area contributed by atoms with Crippen molar-refractivity contribution < 1.29 is 14.3 Å². The number of alkyl carbamates (subject to hydrolysis) is 1. The molecule has 2 heterocycles. The largest absolute Gasteiger partial charge is 0.457 e. The molecule has 0 unspecified atom stereocenters. The van der Waals surface area contributed by atoms with E-state index in [9.17, 15) is 4.79 Å². The molecule has 1 saturated heterocycles. The van der Waals surface area contributed by atoms with Gasteiger partial charge >= 0.3 is 6.09 Å². The third kappa shape index (κ3) is 0.975.